The van der Waals surface area contributed by atoms with Crippen LogP contribution in [0.15, 0.2) is 36.4 Å². The molecule has 0 saturated heterocycles. The number of carbonyl (C=O) groups is 3. The lowest BCUT2D eigenvalue weighted by Gasteiger charge is -2.32. The van der Waals surface area contributed by atoms with Gasteiger partial charge in [-0.05, 0) is 62.2 Å². The van der Waals surface area contributed by atoms with Crippen molar-refractivity contribution in [2.75, 3.05) is 16.8 Å². The van der Waals surface area contributed by atoms with E-state index in [1.807, 2.05) is 32.0 Å². The number of anilines is 2. The monoisotopic (exact) mass is 368 g/mol. The van der Waals surface area contributed by atoms with Crippen molar-refractivity contribution in [3.63, 3.8) is 0 Å². The second-order valence-corrected chi connectivity index (χ2v) is 6.60. The predicted molar refractivity (Wildman–Crippen MR) is 100 cm³/mol. The minimum absolute atomic E-state index is 0.0509. The zero-order chi connectivity index (χ0) is 19.7. The maximum Gasteiger partial charge on any atom is 0.335 e. The second kappa shape index (κ2) is 7.11. The minimum atomic E-state index is -1.09. The number of aryl methyl sites for hydroxylation is 2. The largest absolute Gasteiger partial charge is 0.479 e. The van der Waals surface area contributed by atoms with Crippen LogP contribution in [0, 0.1) is 13.8 Å². The van der Waals surface area contributed by atoms with E-state index in [9.17, 15) is 14.4 Å². The highest BCUT2D eigenvalue weighted by Crippen LogP contribution is 2.35. The highest BCUT2D eigenvalue weighted by atomic mass is 16.5. The summed E-state index contributed by atoms with van der Waals surface area (Å²) in [6.07, 6.45) is -0.810. The van der Waals surface area contributed by atoms with E-state index in [1.54, 1.807) is 6.92 Å². The molecule has 0 spiro atoms. The van der Waals surface area contributed by atoms with E-state index >= 15 is 0 Å². The standard InChI is InChI=1S/C20H20N2O5/c1-11-6-12(2)8-15(7-11)21-18(23)10-22-16-5-4-14(20(25)26)9-17(16)27-13(3)19(22)24/h4-9,13H,10H2,1-3H3,(H,21,23)(H,25,26). The topological polar surface area (TPSA) is 95.9 Å². The zero-order valence-electron chi connectivity index (χ0n) is 15.3. The van der Waals surface area contributed by atoms with Crippen molar-refractivity contribution in [3.05, 3.63) is 53.1 Å². The molecule has 2 aromatic carbocycles. The third-order valence-corrected chi connectivity index (χ3v) is 4.22. The molecule has 1 aliphatic rings. The lowest BCUT2D eigenvalue weighted by Crippen LogP contribution is -2.47. The fourth-order valence-electron chi connectivity index (χ4n) is 3.10. The lowest BCUT2D eigenvalue weighted by atomic mass is 10.1. The van der Waals surface area contributed by atoms with Gasteiger partial charge in [0.1, 0.15) is 12.3 Å². The van der Waals surface area contributed by atoms with Gasteiger partial charge in [0.2, 0.25) is 5.91 Å². The molecule has 2 N–H and O–H groups in total. The molecule has 7 heteroatoms. The van der Waals surface area contributed by atoms with Crippen molar-refractivity contribution < 1.29 is 24.2 Å². The Balaban J connectivity index is 1.84. The van der Waals surface area contributed by atoms with Crippen molar-refractivity contribution in [3.8, 4) is 5.75 Å². The van der Waals surface area contributed by atoms with Crippen LogP contribution in [0.4, 0.5) is 11.4 Å². The Morgan fingerprint density at radius 3 is 2.44 bits per heavy atom. The lowest BCUT2D eigenvalue weighted by molar-refractivity contribution is -0.127. The van der Waals surface area contributed by atoms with Gasteiger partial charge >= 0.3 is 5.97 Å². The number of aromatic carboxylic acids is 1. The highest BCUT2D eigenvalue weighted by Gasteiger charge is 2.33. The van der Waals surface area contributed by atoms with Crippen molar-refractivity contribution in [2.45, 2.75) is 26.9 Å². The van der Waals surface area contributed by atoms with E-state index in [0.717, 1.165) is 11.1 Å². The third-order valence-electron chi connectivity index (χ3n) is 4.22. The molecular weight excluding hydrogens is 348 g/mol. The molecule has 0 radical (unpaired) electrons. The molecule has 0 bridgehead atoms. The molecule has 1 aliphatic heterocycles. The molecule has 1 atom stereocenters. The van der Waals surface area contributed by atoms with Crippen LogP contribution in [0.1, 0.15) is 28.4 Å². The summed E-state index contributed by atoms with van der Waals surface area (Å²) in [5.41, 5.74) is 3.13. The van der Waals surface area contributed by atoms with E-state index in [1.165, 1.54) is 23.1 Å². The Morgan fingerprint density at radius 2 is 1.81 bits per heavy atom. The summed E-state index contributed by atoms with van der Waals surface area (Å²) in [4.78, 5) is 37.5. The number of hydrogen-bond donors (Lipinski definition) is 2. The molecule has 7 nitrogen and oxygen atoms in total. The third kappa shape index (κ3) is 3.92. The van der Waals surface area contributed by atoms with Gasteiger partial charge in [0.25, 0.3) is 5.91 Å². The van der Waals surface area contributed by atoms with E-state index in [4.69, 9.17) is 9.84 Å². The molecule has 27 heavy (non-hydrogen) atoms. The van der Waals surface area contributed by atoms with Gasteiger partial charge in [0.05, 0.1) is 11.3 Å². The van der Waals surface area contributed by atoms with E-state index < -0.39 is 12.1 Å². The van der Waals surface area contributed by atoms with Crippen LogP contribution in [0.25, 0.3) is 0 Å². The SMILES string of the molecule is Cc1cc(C)cc(NC(=O)CN2C(=O)C(C)Oc3cc(C(=O)O)ccc32)c1. The maximum atomic E-state index is 12.5. The summed E-state index contributed by atoms with van der Waals surface area (Å²) < 4.78 is 5.51. The van der Waals surface area contributed by atoms with Gasteiger partial charge in [-0.15, -0.1) is 0 Å². The maximum absolute atomic E-state index is 12.5. The number of nitrogens with zero attached hydrogens (tertiary/aromatic N) is 1. The number of carboxylic acid groups (broad SMARTS) is 1. The average Bonchev–Trinajstić information content (AvgIpc) is 2.57. The van der Waals surface area contributed by atoms with Crippen LogP contribution in [0.2, 0.25) is 0 Å². The summed E-state index contributed by atoms with van der Waals surface area (Å²) >= 11 is 0. The number of nitrogens with one attached hydrogen (secondary N) is 1. The minimum Gasteiger partial charge on any atom is -0.479 e. The van der Waals surface area contributed by atoms with Crippen molar-refractivity contribution in [2.24, 2.45) is 0 Å². The highest BCUT2D eigenvalue weighted by molar-refractivity contribution is 6.06. The van der Waals surface area contributed by atoms with Crippen LogP contribution >= 0.6 is 0 Å². The predicted octanol–water partition coefficient (Wildman–Crippen LogP) is 2.75. The summed E-state index contributed by atoms with van der Waals surface area (Å²) in [6, 6.07) is 9.91. The number of carbonyl (C=O) groups excluding carboxylic acids is 2. The molecule has 1 unspecified atom stereocenters. The van der Waals surface area contributed by atoms with Crippen LogP contribution in [0.3, 0.4) is 0 Å². The first-order valence-corrected chi connectivity index (χ1v) is 8.48. The molecular formula is C20H20N2O5. The van der Waals surface area contributed by atoms with Gasteiger partial charge in [-0.1, -0.05) is 6.07 Å². The van der Waals surface area contributed by atoms with Gasteiger partial charge < -0.3 is 15.2 Å². The van der Waals surface area contributed by atoms with E-state index in [2.05, 4.69) is 5.32 Å². The van der Waals surface area contributed by atoms with Crippen LogP contribution in [0.5, 0.6) is 5.75 Å². The van der Waals surface area contributed by atoms with Gasteiger partial charge in [-0.2, -0.15) is 0 Å². The summed E-state index contributed by atoms with van der Waals surface area (Å²) in [5.74, 6) is -1.54. The Kier molecular flexibility index (Phi) is 4.85. The number of hydrogen-bond acceptors (Lipinski definition) is 4. The van der Waals surface area contributed by atoms with Crippen LogP contribution < -0.4 is 15.0 Å². The molecule has 0 aromatic heterocycles. The molecule has 2 aromatic rings. The zero-order valence-corrected chi connectivity index (χ0v) is 15.3. The summed E-state index contributed by atoms with van der Waals surface area (Å²) in [6.45, 7) is 5.24. The first-order chi connectivity index (χ1) is 12.7. The summed E-state index contributed by atoms with van der Waals surface area (Å²) in [5, 5.41) is 11.9. The van der Waals surface area contributed by atoms with E-state index in [-0.39, 0.29) is 29.7 Å². The fraction of sp³-hybridized carbons (Fsp3) is 0.250. The van der Waals surface area contributed by atoms with Crippen LogP contribution in [-0.4, -0.2) is 35.5 Å². The van der Waals surface area contributed by atoms with Gasteiger partial charge in [0, 0.05) is 5.69 Å². The molecule has 0 saturated carbocycles. The molecule has 3 rings (SSSR count). The summed E-state index contributed by atoms with van der Waals surface area (Å²) in [7, 11) is 0. The van der Waals surface area contributed by atoms with E-state index in [0.29, 0.717) is 11.4 Å². The normalized spacial score (nSPS) is 15.7. The molecule has 0 fully saturated rings. The Morgan fingerprint density at radius 1 is 1.15 bits per heavy atom. The Bertz CT molecular complexity index is 918. The average molecular weight is 368 g/mol. The number of amides is 2. The Labute approximate surface area is 156 Å². The first kappa shape index (κ1) is 18.4. The number of rotatable bonds is 4. The fourth-order valence-corrected chi connectivity index (χ4v) is 3.10. The van der Waals surface area contributed by atoms with Crippen molar-refractivity contribution in [1.82, 2.24) is 0 Å². The van der Waals surface area contributed by atoms with Gasteiger partial charge in [0.15, 0.2) is 6.10 Å². The smallest absolute Gasteiger partial charge is 0.335 e. The molecule has 0 aliphatic carbocycles. The number of carboxylic acids is 1. The second-order valence-electron chi connectivity index (χ2n) is 6.60. The molecule has 2 amide bonds. The number of fused-ring (bicyclic) bond motifs is 1. The first-order valence-electron chi connectivity index (χ1n) is 8.48. The number of benzene rings is 2. The van der Waals surface area contributed by atoms with Crippen molar-refractivity contribution >= 4 is 29.2 Å². The number of ether oxygens (including phenoxy) is 1. The van der Waals surface area contributed by atoms with Gasteiger partial charge in [-0.3, -0.25) is 14.5 Å². The molecule has 1 heterocycles. The Hall–Kier alpha value is -3.35. The van der Waals surface area contributed by atoms with Gasteiger partial charge in [-0.25, -0.2) is 4.79 Å². The quantitative estimate of drug-likeness (QED) is 0.865. The molecule has 140 valence electrons. The van der Waals surface area contributed by atoms with Crippen LogP contribution in [-0.2, 0) is 9.59 Å². The van der Waals surface area contributed by atoms with Crippen molar-refractivity contribution in [1.29, 1.82) is 0 Å².